The van der Waals surface area contributed by atoms with Gasteiger partial charge in [0, 0.05) is 27.4 Å². The van der Waals surface area contributed by atoms with Gasteiger partial charge in [0.15, 0.2) is 0 Å². The minimum Gasteiger partial charge on any atom is -0.455 e. The molecule has 0 bridgehead atoms. The monoisotopic (exact) mass is 604 g/mol. The van der Waals surface area contributed by atoms with Crippen LogP contribution in [0.3, 0.4) is 0 Å². The highest BCUT2D eigenvalue weighted by Gasteiger charge is 2.31. The predicted molar refractivity (Wildman–Crippen MR) is 193 cm³/mol. The van der Waals surface area contributed by atoms with Crippen molar-refractivity contribution in [3.63, 3.8) is 0 Å². The SMILES string of the molecule is c1ccc(-c2ccc3c(c2)NC(c2ccccc2)N3c2ccc(-c3cc4c5ccccc5oc4c4c3oc3ccccc34)cc2)cc1. The molecule has 1 aliphatic heterocycles. The van der Waals surface area contributed by atoms with E-state index in [4.69, 9.17) is 8.83 Å². The largest absolute Gasteiger partial charge is 0.455 e. The summed E-state index contributed by atoms with van der Waals surface area (Å²) in [6.45, 7) is 0. The normalized spacial score (nSPS) is 14.3. The molecule has 0 saturated heterocycles. The molecule has 0 saturated carbocycles. The third kappa shape index (κ3) is 4.01. The van der Waals surface area contributed by atoms with Gasteiger partial charge in [-0.25, -0.2) is 0 Å². The molecule has 10 rings (SSSR count). The van der Waals surface area contributed by atoms with Crippen LogP contribution in [0.4, 0.5) is 17.1 Å². The molecule has 3 heterocycles. The number of anilines is 3. The van der Waals surface area contributed by atoms with E-state index in [1.54, 1.807) is 0 Å². The van der Waals surface area contributed by atoms with Gasteiger partial charge in [0.25, 0.3) is 0 Å². The molecule has 0 spiro atoms. The first-order valence-corrected chi connectivity index (χ1v) is 16.0. The Morgan fingerprint density at radius 1 is 0.489 bits per heavy atom. The second kappa shape index (κ2) is 10.1. The third-order valence-electron chi connectivity index (χ3n) is 9.48. The first kappa shape index (κ1) is 26.0. The van der Waals surface area contributed by atoms with Gasteiger partial charge in [-0.1, -0.05) is 115 Å². The molecule has 0 amide bonds. The summed E-state index contributed by atoms with van der Waals surface area (Å²) >= 11 is 0. The number of rotatable bonds is 4. The van der Waals surface area contributed by atoms with Gasteiger partial charge in [-0.15, -0.1) is 0 Å². The zero-order valence-corrected chi connectivity index (χ0v) is 25.4. The van der Waals surface area contributed by atoms with E-state index in [1.165, 1.54) is 16.7 Å². The number of hydrogen-bond donors (Lipinski definition) is 1. The fourth-order valence-electron chi connectivity index (χ4n) is 7.26. The molecule has 0 fully saturated rings. The van der Waals surface area contributed by atoms with Crippen LogP contribution < -0.4 is 10.2 Å². The minimum atomic E-state index is -0.0428. The maximum Gasteiger partial charge on any atom is 0.147 e. The number of furan rings is 2. The lowest BCUT2D eigenvalue weighted by Crippen LogP contribution is -2.23. The highest BCUT2D eigenvalue weighted by atomic mass is 16.3. The van der Waals surface area contributed by atoms with E-state index in [9.17, 15) is 0 Å². The molecule has 47 heavy (non-hydrogen) atoms. The second-order valence-electron chi connectivity index (χ2n) is 12.2. The van der Waals surface area contributed by atoms with Crippen LogP contribution in [0.1, 0.15) is 11.7 Å². The molecule has 9 aromatic rings. The Hall–Kier alpha value is -6.26. The Kier molecular flexibility index (Phi) is 5.60. The van der Waals surface area contributed by atoms with Crippen LogP contribution in [0.25, 0.3) is 66.1 Å². The standard InChI is InChI=1S/C43H28N2O2/c1-3-11-27(12-4-1)30-21-24-37-36(25-30)44-43(29-13-5-2-6-14-29)45(37)31-22-19-28(20-23-31)34-26-35-32-15-7-9-17-38(32)46-42(35)40-33-16-8-10-18-39(33)47-41(34)40/h1-26,43-44H. The third-order valence-corrected chi connectivity index (χ3v) is 9.48. The molecule has 0 aliphatic carbocycles. The fourth-order valence-corrected chi connectivity index (χ4v) is 7.26. The Morgan fingerprint density at radius 2 is 1.13 bits per heavy atom. The number of fused-ring (bicyclic) bond motifs is 8. The van der Waals surface area contributed by atoms with E-state index in [1.807, 2.05) is 24.3 Å². The van der Waals surface area contributed by atoms with Crippen LogP contribution in [0, 0.1) is 0 Å². The van der Waals surface area contributed by atoms with Gasteiger partial charge in [0.05, 0.1) is 16.8 Å². The smallest absolute Gasteiger partial charge is 0.147 e. The molecular formula is C43H28N2O2. The maximum atomic E-state index is 6.56. The van der Waals surface area contributed by atoms with Gasteiger partial charge in [-0.2, -0.15) is 0 Å². The number of hydrogen-bond acceptors (Lipinski definition) is 4. The summed E-state index contributed by atoms with van der Waals surface area (Å²) in [4.78, 5) is 2.40. The van der Waals surface area contributed by atoms with Crippen molar-refractivity contribution in [1.29, 1.82) is 0 Å². The Balaban J connectivity index is 1.13. The van der Waals surface area contributed by atoms with Crippen LogP contribution in [0.2, 0.25) is 0 Å². The van der Waals surface area contributed by atoms with Gasteiger partial charge in [-0.3, -0.25) is 0 Å². The molecule has 1 atom stereocenters. The molecule has 222 valence electrons. The zero-order chi connectivity index (χ0) is 30.9. The number of benzene rings is 7. The van der Waals surface area contributed by atoms with E-state index in [0.29, 0.717) is 0 Å². The predicted octanol–water partition coefficient (Wildman–Crippen LogP) is 12.1. The van der Waals surface area contributed by atoms with Gasteiger partial charge in [0.2, 0.25) is 0 Å². The van der Waals surface area contributed by atoms with Crippen molar-refractivity contribution in [3.05, 3.63) is 163 Å². The first-order valence-electron chi connectivity index (χ1n) is 16.0. The van der Waals surface area contributed by atoms with Crippen LogP contribution >= 0.6 is 0 Å². The lowest BCUT2D eigenvalue weighted by molar-refractivity contribution is 0.663. The number of nitrogens with zero attached hydrogens (tertiary/aromatic N) is 1. The lowest BCUT2D eigenvalue weighted by atomic mass is 9.98. The van der Waals surface area contributed by atoms with Crippen LogP contribution in [-0.2, 0) is 0 Å². The van der Waals surface area contributed by atoms with Crippen molar-refractivity contribution >= 4 is 60.9 Å². The topological polar surface area (TPSA) is 41.5 Å². The zero-order valence-electron chi connectivity index (χ0n) is 25.4. The summed E-state index contributed by atoms with van der Waals surface area (Å²) in [5, 5.41) is 8.10. The molecule has 0 radical (unpaired) electrons. The molecule has 1 aliphatic rings. The van der Waals surface area contributed by atoms with Crippen molar-refractivity contribution in [2.45, 2.75) is 6.17 Å². The molecule has 2 aromatic heterocycles. The summed E-state index contributed by atoms with van der Waals surface area (Å²) in [5.41, 5.74) is 12.6. The summed E-state index contributed by atoms with van der Waals surface area (Å²) in [6, 6.07) is 55.5. The Morgan fingerprint density at radius 3 is 1.91 bits per heavy atom. The number of para-hydroxylation sites is 2. The van der Waals surface area contributed by atoms with Crippen molar-refractivity contribution in [1.82, 2.24) is 0 Å². The molecular weight excluding hydrogens is 576 g/mol. The molecule has 1 unspecified atom stereocenters. The Bertz CT molecular complexity index is 2600. The van der Waals surface area contributed by atoms with Gasteiger partial charge in [0.1, 0.15) is 28.5 Å². The van der Waals surface area contributed by atoms with Crippen molar-refractivity contribution in [3.8, 4) is 22.3 Å². The van der Waals surface area contributed by atoms with Crippen LogP contribution in [-0.4, -0.2) is 0 Å². The summed E-state index contributed by atoms with van der Waals surface area (Å²) in [5.74, 6) is 0. The van der Waals surface area contributed by atoms with Gasteiger partial charge in [-0.05, 0) is 64.7 Å². The van der Waals surface area contributed by atoms with Gasteiger partial charge < -0.3 is 19.1 Å². The number of nitrogens with one attached hydrogen (secondary N) is 1. The fraction of sp³-hybridized carbons (Fsp3) is 0.0233. The second-order valence-corrected chi connectivity index (χ2v) is 12.2. The average Bonchev–Trinajstić information content (AvgIpc) is 3.83. The van der Waals surface area contributed by atoms with Crippen molar-refractivity contribution in [2.24, 2.45) is 0 Å². The Labute approximate surface area is 271 Å². The average molecular weight is 605 g/mol. The van der Waals surface area contributed by atoms with E-state index in [-0.39, 0.29) is 6.17 Å². The van der Waals surface area contributed by atoms with Gasteiger partial charge >= 0.3 is 0 Å². The lowest BCUT2D eigenvalue weighted by Gasteiger charge is -2.27. The van der Waals surface area contributed by atoms with E-state index in [0.717, 1.165) is 72.1 Å². The van der Waals surface area contributed by atoms with Crippen molar-refractivity contribution in [2.75, 3.05) is 10.2 Å². The van der Waals surface area contributed by atoms with E-state index in [2.05, 4.69) is 144 Å². The van der Waals surface area contributed by atoms with Crippen molar-refractivity contribution < 1.29 is 8.83 Å². The molecule has 1 N–H and O–H groups in total. The van der Waals surface area contributed by atoms with Crippen LogP contribution in [0.15, 0.2) is 167 Å². The quantitative estimate of drug-likeness (QED) is 0.217. The van der Waals surface area contributed by atoms with E-state index >= 15 is 0 Å². The minimum absolute atomic E-state index is 0.0428. The maximum absolute atomic E-state index is 6.56. The van der Waals surface area contributed by atoms with Crippen LogP contribution in [0.5, 0.6) is 0 Å². The van der Waals surface area contributed by atoms with E-state index < -0.39 is 0 Å². The summed E-state index contributed by atoms with van der Waals surface area (Å²) in [7, 11) is 0. The summed E-state index contributed by atoms with van der Waals surface area (Å²) in [6.07, 6.45) is -0.0428. The molecule has 7 aromatic carbocycles. The molecule has 4 nitrogen and oxygen atoms in total. The highest BCUT2D eigenvalue weighted by molar-refractivity contribution is 6.25. The highest BCUT2D eigenvalue weighted by Crippen LogP contribution is 2.48. The first-order chi connectivity index (χ1) is 23.3. The summed E-state index contributed by atoms with van der Waals surface area (Å²) < 4.78 is 13.0. The molecule has 4 heteroatoms.